The summed E-state index contributed by atoms with van der Waals surface area (Å²) in [7, 11) is 0. The van der Waals surface area contributed by atoms with Crippen LogP contribution in [0.4, 0.5) is 0 Å². The van der Waals surface area contributed by atoms with E-state index < -0.39 is 0 Å². The molecule has 7 unspecified atom stereocenters. The molecule has 4 heteroatoms. The van der Waals surface area contributed by atoms with Gasteiger partial charge in [-0.15, -0.1) is 0 Å². The van der Waals surface area contributed by atoms with Crippen molar-refractivity contribution >= 4 is 5.78 Å². The molecule has 4 nitrogen and oxygen atoms in total. The molecule has 3 N–H and O–H groups in total. The number of carbonyl (C=O) groups excluding carboxylic acids is 1. The van der Waals surface area contributed by atoms with Crippen molar-refractivity contribution in [2.75, 3.05) is 6.61 Å². The Balaban J connectivity index is 1.55. The molecule has 0 spiro atoms. The fraction of sp³-hybridized carbons (Fsp3) is 0.947. The van der Waals surface area contributed by atoms with E-state index in [9.17, 15) is 20.1 Å². The standard InChI is InChI=1S/C19H30O4/c20-9-18(23)14-6-5-13-15-3-1-10-7-11(21)2-4-12(10)19(15)17(22)8-16(13)14/h10-17,19-22H,1-9H2/t10-,11+,12?,13?,14?,15?,16?,17?,19?/m0/s1. The van der Waals surface area contributed by atoms with Crippen molar-refractivity contribution in [2.24, 2.45) is 41.4 Å². The summed E-state index contributed by atoms with van der Waals surface area (Å²) in [6, 6.07) is 0. The predicted molar refractivity (Wildman–Crippen MR) is 85.5 cm³/mol. The molecule has 0 heterocycles. The largest absolute Gasteiger partial charge is 0.393 e. The van der Waals surface area contributed by atoms with Gasteiger partial charge in [0.05, 0.1) is 12.2 Å². The van der Waals surface area contributed by atoms with Gasteiger partial charge < -0.3 is 15.3 Å². The van der Waals surface area contributed by atoms with Gasteiger partial charge in [0.15, 0.2) is 5.78 Å². The van der Waals surface area contributed by atoms with E-state index in [0.717, 1.165) is 44.9 Å². The summed E-state index contributed by atoms with van der Waals surface area (Å²) in [5.41, 5.74) is 0. The molecule has 23 heavy (non-hydrogen) atoms. The van der Waals surface area contributed by atoms with Crippen LogP contribution in [0.5, 0.6) is 0 Å². The first-order valence-electron chi connectivity index (χ1n) is 9.59. The molecule has 0 aliphatic heterocycles. The van der Waals surface area contributed by atoms with E-state index in [1.807, 2.05) is 0 Å². The molecule has 130 valence electrons. The lowest BCUT2D eigenvalue weighted by Gasteiger charge is -2.54. The molecule has 4 saturated carbocycles. The lowest BCUT2D eigenvalue weighted by atomic mass is 9.52. The van der Waals surface area contributed by atoms with Gasteiger partial charge in [0.1, 0.15) is 6.61 Å². The van der Waals surface area contributed by atoms with Gasteiger partial charge in [-0.05, 0) is 86.9 Å². The highest BCUT2D eigenvalue weighted by Gasteiger charge is 2.55. The molecule has 4 aliphatic carbocycles. The van der Waals surface area contributed by atoms with Crippen molar-refractivity contribution < 1.29 is 20.1 Å². The average Bonchev–Trinajstić information content (AvgIpc) is 2.97. The van der Waals surface area contributed by atoms with Gasteiger partial charge in [-0.3, -0.25) is 4.79 Å². The number of rotatable bonds is 2. The summed E-state index contributed by atoms with van der Waals surface area (Å²) in [6.45, 7) is -0.347. The molecule has 0 aromatic carbocycles. The first-order chi connectivity index (χ1) is 11.1. The van der Waals surface area contributed by atoms with Crippen molar-refractivity contribution in [3.05, 3.63) is 0 Å². The zero-order valence-electron chi connectivity index (χ0n) is 13.8. The van der Waals surface area contributed by atoms with Crippen molar-refractivity contribution in [2.45, 2.75) is 63.6 Å². The molecule has 0 aromatic heterocycles. The van der Waals surface area contributed by atoms with Crippen LogP contribution in [-0.4, -0.2) is 39.9 Å². The second kappa shape index (κ2) is 6.12. The summed E-state index contributed by atoms with van der Waals surface area (Å²) < 4.78 is 0. The third-order valence-electron chi connectivity index (χ3n) is 7.83. The smallest absolute Gasteiger partial charge is 0.161 e. The maximum atomic E-state index is 12.0. The topological polar surface area (TPSA) is 77.8 Å². The molecule has 4 fully saturated rings. The van der Waals surface area contributed by atoms with Crippen molar-refractivity contribution in [1.82, 2.24) is 0 Å². The van der Waals surface area contributed by atoms with Gasteiger partial charge in [0.2, 0.25) is 0 Å². The Morgan fingerprint density at radius 2 is 1.57 bits per heavy atom. The molecular weight excluding hydrogens is 292 g/mol. The van der Waals surface area contributed by atoms with E-state index in [2.05, 4.69) is 0 Å². The van der Waals surface area contributed by atoms with Gasteiger partial charge in [-0.25, -0.2) is 0 Å². The van der Waals surface area contributed by atoms with Crippen LogP contribution in [0.2, 0.25) is 0 Å². The fourth-order valence-electron chi connectivity index (χ4n) is 7.01. The zero-order chi connectivity index (χ0) is 16.1. The van der Waals surface area contributed by atoms with E-state index in [1.165, 1.54) is 6.42 Å². The lowest BCUT2D eigenvalue weighted by Crippen LogP contribution is -2.52. The van der Waals surface area contributed by atoms with E-state index in [0.29, 0.717) is 29.6 Å². The molecule has 0 aromatic rings. The Bertz CT molecular complexity index is 464. The molecule has 0 saturated heterocycles. The highest BCUT2D eigenvalue weighted by Crippen LogP contribution is 2.59. The van der Waals surface area contributed by atoms with Gasteiger partial charge in [-0.2, -0.15) is 0 Å². The minimum absolute atomic E-state index is 0.0161. The summed E-state index contributed by atoms with van der Waals surface area (Å²) in [4.78, 5) is 12.0. The third-order valence-corrected chi connectivity index (χ3v) is 7.83. The number of fused-ring (bicyclic) bond motifs is 5. The monoisotopic (exact) mass is 322 g/mol. The first-order valence-corrected chi connectivity index (χ1v) is 9.59. The Morgan fingerprint density at radius 1 is 0.826 bits per heavy atom. The summed E-state index contributed by atoms with van der Waals surface area (Å²) in [6.07, 6.45) is 7.49. The number of ketones is 1. The van der Waals surface area contributed by atoms with E-state index in [4.69, 9.17) is 0 Å². The predicted octanol–water partition coefficient (Wildman–Crippen LogP) is 1.76. The SMILES string of the molecule is O=C(CO)C1CCC2C1CC(O)C1C2CC[C@H]2C[C@H](O)CCC12. The quantitative estimate of drug-likeness (QED) is 0.724. The van der Waals surface area contributed by atoms with Crippen LogP contribution in [0.15, 0.2) is 0 Å². The number of aliphatic hydroxyl groups is 3. The minimum Gasteiger partial charge on any atom is -0.393 e. The fourth-order valence-corrected chi connectivity index (χ4v) is 7.01. The van der Waals surface area contributed by atoms with Gasteiger partial charge >= 0.3 is 0 Å². The highest BCUT2D eigenvalue weighted by molar-refractivity contribution is 5.82. The van der Waals surface area contributed by atoms with E-state index in [-0.39, 0.29) is 36.4 Å². The van der Waals surface area contributed by atoms with E-state index >= 15 is 0 Å². The van der Waals surface area contributed by atoms with Crippen LogP contribution in [0.1, 0.15) is 51.4 Å². The second-order valence-electron chi connectivity index (χ2n) is 8.65. The highest BCUT2D eigenvalue weighted by atomic mass is 16.3. The van der Waals surface area contributed by atoms with Crippen molar-refractivity contribution in [3.63, 3.8) is 0 Å². The maximum absolute atomic E-state index is 12.0. The zero-order valence-corrected chi connectivity index (χ0v) is 13.8. The van der Waals surface area contributed by atoms with Crippen molar-refractivity contribution in [3.8, 4) is 0 Å². The summed E-state index contributed by atoms with van der Waals surface area (Å²) in [5.74, 6) is 2.91. The molecule has 4 rings (SSSR count). The Kier molecular flexibility index (Phi) is 4.27. The normalized spacial score (nSPS) is 52.4. The Labute approximate surface area is 138 Å². The van der Waals surface area contributed by atoms with Crippen LogP contribution in [0.3, 0.4) is 0 Å². The molecule has 0 bridgehead atoms. The van der Waals surface area contributed by atoms with Crippen LogP contribution in [0, 0.1) is 41.4 Å². The Morgan fingerprint density at radius 3 is 2.35 bits per heavy atom. The second-order valence-corrected chi connectivity index (χ2v) is 8.65. The number of carbonyl (C=O) groups is 1. The van der Waals surface area contributed by atoms with Crippen LogP contribution in [0.25, 0.3) is 0 Å². The number of Topliss-reactive ketones (excluding diaryl/α,β-unsaturated/α-hetero) is 1. The van der Waals surface area contributed by atoms with E-state index in [1.54, 1.807) is 0 Å². The minimum atomic E-state index is -0.347. The molecule has 9 atom stereocenters. The van der Waals surface area contributed by atoms with Gasteiger partial charge in [0, 0.05) is 5.92 Å². The first kappa shape index (κ1) is 16.0. The van der Waals surface area contributed by atoms with Crippen LogP contribution in [-0.2, 0) is 4.79 Å². The lowest BCUT2D eigenvalue weighted by molar-refractivity contribution is -0.133. The number of aliphatic hydroxyl groups excluding tert-OH is 3. The number of hydrogen-bond donors (Lipinski definition) is 3. The molecule has 4 aliphatic rings. The summed E-state index contributed by atoms with van der Waals surface area (Å²) >= 11 is 0. The van der Waals surface area contributed by atoms with Crippen LogP contribution < -0.4 is 0 Å². The van der Waals surface area contributed by atoms with Crippen LogP contribution >= 0.6 is 0 Å². The van der Waals surface area contributed by atoms with Crippen molar-refractivity contribution in [1.29, 1.82) is 0 Å². The molecule has 0 amide bonds. The number of hydrogen-bond acceptors (Lipinski definition) is 4. The Hall–Kier alpha value is -0.450. The van der Waals surface area contributed by atoms with Gasteiger partial charge in [0.25, 0.3) is 0 Å². The molecular formula is C19H30O4. The molecule has 0 radical (unpaired) electrons. The maximum Gasteiger partial charge on any atom is 0.161 e. The third kappa shape index (κ3) is 2.58. The van der Waals surface area contributed by atoms with Gasteiger partial charge in [-0.1, -0.05) is 0 Å². The average molecular weight is 322 g/mol. The summed E-state index contributed by atoms with van der Waals surface area (Å²) in [5, 5.41) is 30.1.